The summed E-state index contributed by atoms with van der Waals surface area (Å²) in [5.74, 6) is -0.610. The number of hydrogen-bond donors (Lipinski definition) is 3. The van der Waals surface area contributed by atoms with Gasteiger partial charge in [0, 0.05) is 19.4 Å². The van der Waals surface area contributed by atoms with Crippen molar-refractivity contribution >= 4 is 19.7 Å². The molecule has 1 amide bonds. The lowest BCUT2D eigenvalue weighted by molar-refractivity contribution is -0.147. The Kier molecular flexibility index (Phi) is 26.7. The van der Waals surface area contributed by atoms with Crippen molar-refractivity contribution in [2.24, 2.45) is 0 Å². The second-order valence-corrected chi connectivity index (χ2v) is 11.2. The molecule has 0 heterocycles. The van der Waals surface area contributed by atoms with Crippen LogP contribution in [0.1, 0.15) is 104 Å². The molecule has 0 rings (SSSR count). The SMILES string of the molecule is CCCCC/C=C\C/C=C\C/C=C\C/C=C\CCCCCC(=O)NCCOP(=O)(O)OCC(O)COC(=O)CCC. The van der Waals surface area contributed by atoms with E-state index in [-0.39, 0.29) is 32.1 Å². The highest BCUT2D eigenvalue weighted by atomic mass is 31.2. The predicted molar refractivity (Wildman–Crippen MR) is 164 cm³/mol. The number of esters is 1. The monoisotopic (exact) mass is 599 g/mol. The lowest BCUT2D eigenvalue weighted by Gasteiger charge is -2.15. The molecule has 0 saturated heterocycles. The molecule has 0 aromatic rings. The highest BCUT2D eigenvalue weighted by molar-refractivity contribution is 7.47. The van der Waals surface area contributed by atoms with Crippen LogP contribution in [-0.2, 0) is 27.9 Å². The maximum Gasteiger partial charge on any atom is 0.472 e. The summed E-state index contributed by atoms with van der Waals surface area (Å²) in [6.45, 7) is 3.03. The minimum Gasteiger partial charge on any atom is -0.463 e. The normalized spacial score (nSPS) is 14.3. The first kappa shape index (κ1) is 39.0. The Morgan fingerprint density at radius 3 is 1.93 bits per heavy atom. The number of phosphoric acid groups is 1. The van der Waals surface area contributed by atoms with E-state index < -0.39 is 26.5 Å². The van der Waals surface area contributed by atoms with E-state index in [1.165, 1.54) is 25.7 Å². The quantitative estimate of drug-likeness (QED) is 0.0404. The molecular weight excluding hydrogens is 545 g/mol. The molecule has 0 spiro atoms. The van der Waals surface area contributed by atoms with Gasteiger partial charge >= 0.3 is 13.8 Å². The van der Waals surface area contributed by atoms with E-state index in [0.29, 0.717) is 12.8 Å². The van der Waals surface area contributed by atoms with E-state index >= 15 is 0 Å². The summed E-state index contributed by atoms with van der Waals surface area (Å²) < 4.78 is 26.1. The van der Waals surface area contributed by atoms with Gasteiger partial charge in [-0.05, 0) is 57.8 Å². The number of carbonyl (C=O) groups is 2. The van der Waals surface area contributed by atoms with E-state index in [4.69, 9.17) is 9.26 Å². The van der Waals surface area contributed by atoms with Gasteiger partial charge in [0.2, 0.25) is 5.91 Å². The fourth-order valence-electron chi connectivity index (χ4n) is 3.46. The predicted octanol–water partition coefficient (Wildman–Crippen LogP) is 6.87. The molecule has 10 heteroatoms. The van der Waals surface area contributed by atoms with E-state index in [2.05, 4.69) is 65.4 Å². The van der Waals surface area contributed by atoms with Gasteiger partial charge in [-0.3, -0.25) is 18.6 Å². The van der Waals surface area contributed by atoms with Crippen LogP contribution in [0.5, 0.6) is 0 Å². The number of amides is 1. The zero-order valence-electron chi connectivity index (χ0n) is 25.2. The Hall–Kier alpha value is -2.03. The van der Waals surface area contributed by atoms with Gasteiger partial charge < -0.3 is 20.1 Å². The Morgan fingerprint density at radius 2 is 1.34 bits per heavy atom. The number of aliphatic hydroxyl groups is 1. The average molecular weight is 600 g/mol. The molecule has 0 fully saturated rings. The maximum absolute atomic E-state index is 11.9. The van der Waals surface area contributed by atoms with E-state index in [1.54, 1.807) is 0 Å². The summed E-state index contributed by atoms with van der Waals surface area (Å²) in [5, 5.41) is 12.3. The number of rotatable bonds is 27. The van der Waals surface area contributed by atoms with Crippen molar-refractivity contribution in [2.75, 3.05) is 26.4 Å². The molecule has 2 atom stereocenters. The Balaban J connectivity index is 3.67. The summed E-state index contributed by atoms with van der Waals surface area (Å²) in [5.41, 5.74) is 0. The van der Waals surface area contributed by atoms with Crippen molar-refractivity contribution in [3.05, 3.63) is 48.6 Å². The molecule has 0 aromatic carbocycles. The molecule has 0 aliphatic heterocycles. The molecule has 0 aromatic heterocycles. The third-order valence-corrected chi connectivity index (χ3v) is 6.72. The van der Waals surface area contributed by atoms with E-state index in [9.17, 15) is 24.2 Å². The lowest BCUT2D eigenvalue weighted by atomic mass is 10.1. The van der Waals surface area contributed by atoms with Crippen molar-refractivity contribution < 1.29 is 37.9 Å². The summed E-state index contributed by atoms with van der Waals surface area (Å²) in [6.07, 6.45) is 29.3. The number of ether oxygens (including phenoxy) is 1. The van der Waals surface area contributed by atoms with Gasteiger partial charge in [-0.25, -0.2) is 4.57 Å². The van der Waals surface area contributed by atoms with Crippen LogP contribution >= 0.6 is 7.82 Å². The highest BCUT2D eigenvalue weighted by Crippen LogP contribution is 2.42. The Morgan fingerprint density at radius 1 is 0.756 bits per heavy atom. The van der Waals surface area contributed by atoms with Crippen LogP contribution < -0.4 is 5.32 Å². The first-order chi connectivity index (χ1) is 19.8. The third-order valence-electron chi connectivity index (χ3n) is 5.73. The molecule has 9 nitrogen and oxygen atoms in total. The first-order valence-electron chi connectivity index (χ1n) is 15.1. The Bertz CT molecular complexity index is 825. The smallest absolute Gasteiger partial charge is 0.463 e. The molecule has 2 unspecified atom stereocenters. The average Bonchev–Trinajstić information content (AvgIpc) is 2.94. The number of carbonyl (C=O) groups excluding carboxylic acids is 2. The summed E-state index contributed by atoms with van der Waals surface area (Å²) in [6, 6.07) is 0. The fourth-order valence-corrected chi connectivity index (χ4v) is 4.21. The number of hydrogen-bond acceptors (Lipinski definition) is 7. The number of aliphatic hydroxyl groups excluding tert-OH is 1. The Labute approximate surface area is 247 Å². The lowest BCUT2D eigenvalue weighted by Crippen LogP contribution is -2.27. The van der Waals surface area contributed by atoms with Crippen molar-refractivity contribution in [3.8, 4) is 0 Å². The molecule has 0 aliphatic carbocycles. The molecule has 0 bridgehead atoms. The van der Waals surface area contributed by atoms with Crippen molar-refractivity contribution in [3.63, 3.8) is 0 Å². The molecular formula is C31H54NO8P. The van der Waals surface area contributed by atoms with E-state index in [0.717, 1.165) is 44.9 Å². The van der Waals surface area contributed by atoms with Crippen LogP contribution in [0.2, 0.25) is 0 Å². The summed E-state index contributed by atoms with van der Waals surface area (Å²) in [4.78, 5) is 32.8. The minimum atomic E-state index is -4.39. The second kappa shape index (κ2) is 28.1. The van der Waals surface area contributed by atoms with E-state index in [1.807, 2.05) is 6.92 Å². The molecule has 0 aliphatic rings. The van der Waals surface area contributed by atoms with Crippen LogP contribution in [0.3, 0.4) is 0 Å². The topological polar surface area (TPSA) is 131 Å². The van der Waals surface area contributed by atoms with Gasteiger partial charge in [-0.1, -0.05) is 81.7 Å². The van der Waals surface area contributed by atoms with Crippen LogP contribution in [0, 0.1) is 0 Å². The summed E-state index contributed by atoms with van der Waals surface area (Å²) >= 11 is 0. The largest absolute Gasteiger partial charge is 0.472 e. The molecule has 0 saturated carbocycles. The zero-order chi connectivity index (χ0) is 30.4. The van der Waals surface area contributed by atoms with Gasteiger partial charge in [0.05, 0.1) is 13.2 Å². The van der Waals surface area contributed by atoms with Gasteiger partial charge in [0.15, 0.2) is 0 Å². The van der Waals surface area contributed by atoms with Gasteiger partial charge in [-0.15, -0.1) is 0 Å². The summed E-state index contributed by atoms with van der Waals surface area (Å²) in [7, 11) is -4.39. The molecule has 236 valence electrons. The van der Waals surface area contributed by atoms with Crippen LogP contribution in [0.25, 0.3) is 0 Å². The third kappa shape index (κ3) is 29.3. The number of unbranched alkanes of at least 4 members (excludes halogenated alkanes) is 6. The number of nitrogens with one attached hydrogen (secondary N) is 1. The molecule has 0 radical (unpaired) electrons. The first-order valence-corrected chi connectivity index (χ1v) is 16.6. The molecule has 3 N–H and O–H groups in total. The highest BCUT2D eigenvalue weighted by Gasteiger charge is 2.23. The van der Waals surface area contributed by atoms with Gasteiger partial charge in [0.1, 0.15) is 12.7 Å². The number of allylic oxidation sites excluding steroid dienone is 8. The van der Waals surface area contributed by atoms with Crippen LogP contribution in [0.15, 0.2) is 48.6 Å². The zero-order valence-corrected chi connectivity index (χ0v) is 26.1. The second-order valence-electron chi connectivity index (χ2n) is 9.72. The van der Waals surface area contributed by atoms with Gasteiger partial charge in [0.25, 0.3) is 0 Å². The van der Waals surface area contributed by atoms with Crippen molar-refractivity contribution in [1.82, 2.24) is 5.32 Å². The fraction of sp³-hybridized carbons (Fsp3) is 0.677. The molecule has 41 heavy (non-hydrogen) atoms. The van der Waals surface area contributed by atoms with Crippen molar-refractivity contribution in [1.29, 1.82) is 0 Å². The standard InChI is InChI=1S/C31H54NO8P/c1-3-5-6-7-8-9-10-11-12-13-14-15-16-17-18-19-20-21-22-24-30(34)32-25-26-39-41(36,37)40-28-29(33)27-38-31(35)23-4-2/h8-9,11-12,14-15,17-18,29,33H,3-7,10,13,16,19-28H2,1-2H3,(H,32,34)(H,36,37)/b9-8-,12-11-,15-14-,18-17-. The minimum absolute atomic E-state index is 0.0617. The van der Waals surface area contributed by atoms with Crippen LogP contribution in [-0.4, -0.2) is 54.3 Å². The maximum atomic E-state index is 11.9. The van der Waals surface area contributed by atoms with Gasteiger partial charge in [-0.2, -0.15) is 0 Å². The van der Waals surface area contributed by atoms with Crippen LogP contribution in [0.4, 0.5) is 0 Å². The van der Waals surface area contributed by atoms with Crippen molar-refractivity contribution in [2.45, 2.75) is 110 Å². The number of phosphoric ester groups is 1.